The molecule has 0 aromatic carbocycles. The molecule has 0 bridgehead atoms. The molecule has 3 nitrogen and oxygen atoms in total. The van der Waals surface area contributed by atoms with Crippen molar-refractivity contribution in [1.82, 2.24) is 15.1 Å². The number of hydrogen-bond donors (Lipinski definition) is 1. The van der Waals surface area contributed by atoms with Gasteiger partial charge < -0.3 is 5.32 Å². The van der Waals surface area contributed by atoms with Crippen molar-refractivity contribution in [1.29, 1.82) is 0 Å². The highest BCUT2D eigenvalue weighted by molar-refractivity contribution is 7.99. The topological polar surface area (TPSA) is 29.9 Å². The molecular formula is C13H21N3S. The quantitative estimate of drug-likeness (QED) is 0.875. The Hall–Kier alpha value is -0.480. The molecule has 2 atom stereocenters. The van der Waals surface area contributed by atoms with Gasteiger partial charge in [-0.2, -0.15) is 16.9 Å². The molecule has 0 saturated carbocycles. The molecule has 1 N–H and O–H groups in total. The van der Waals surface area contributed by atoms with Crippen LogP contribution in [-0.4, -0.2) is 34.4 Å². The number of nitrogens with one attached hydrogen (secondary N) is 1. The number of thioether (sulfide) groups is 1. The number of hydrogen-bond acceptors (Lipinski definition) is 3. The van der Waals surface area contributed by atoms with Gasteiger partial charge in [-0.05, 0) is 50.0 Å². The minimum absolute atomic E-state index is 0.644. The molecule has 2 aliphatic rings. The molecule has 0 aliphatic carbocycles. The average molecular weight is 251 g/mol. The van der Waals surface area contributed by atoms with Crippen LogP contribution in [0.4, 0.5) is 0 Å². The summed E-state index contributed by atoms with van der Waals surface area (Å²) in [5.74, 6) is 3.22. The van der Waals surface area contributed by atoms with Gasteiger partial charge in [0.25, 0.3) is 0 Å². The Morgan fingerprint density at radius 1 is 1.47 bits per heavy atom. The van der Waals surface area contributed by atoms with Crippen molar-refractivity contribution < 1.29 is 0 Å². The lowest BCUT2D eigenvalue weighted by molar-refractivity contribution is 0.455. The first-order valence-corrected chi connectivity index (χ1v) is 7.84. The summed E-state index contributed by atoms with van der Waals surface area (Å²) in [6.07, 6.45) is 6.03. The van der Waals surface area contributed by atoms with Crippen LogP contribution in [-0.2, 0) is 0 Å². The standard InChI is InChI=1S/C13H21N3S/c1-10-13(11-3-2-5-14-7-11)8-15-16(10)12-4-6-17-9-12/h8,11-12,14H,2-7,9H2,1H3. The molecule has 94 valence electrons. The van der Waals surface area contributed by atoms with Crippen molar-refractivity contribution >= 4 is 11.8 Å². The zero-order valence-electron chi connectivity index (χ0n) is 10.5. The van der Waals surface area contributed by atoms with Crippen molar-refractivity contribution in [3.05, 3.63) is 17.5 Å². The second kappa shape index (κ2) is 5.02. The van der Waals surface area contributed by atoms with Crippen LogP contribution in [0.5, 0.6) is 0 Å². The van der Waals surface area contributed by atoms with E-state index in [1.54, 1.807) is 0 Å². The molecule has 1 aromatic heterocycles. The van der Waals surface area contributed by atoms with Crippen molar-refractivity contribution in [2.75, 3.05) is 24.6 Å². The third-order valence-electron chi connectivity index (χ3n) is 4.07. The molecule has 3 heterocycles. The van der Waals surface area contributed by atoms with Gasteiger partial charge in [0.05, 0.1) is 12.2 Å². The van der Waals surface area contributed by atoms with Crippen LogP contribution in [0.2, 0.25) is 0 Å². The van der Waals surface area contributed by atoms with Crippen LogP contribution in [0.3, 0.4) is 0 Å². The predicted octanol–water partition coefficient (Wildman–Crippen LogP) is 2.34. The van der Waals surface area contributed by atoms with E-state index in [0.717, 1.165) is 6.54 Å². The van der Waals surface area contributed by atoms with Crippen molar-refractivity contribution in [3.8, 4) is 0 Å². The summed E-state index contributed by atoms with van der Waals surface area (Å²) < 4.78 is 2.28. The summed E-state index contributed by atoms with van der Waals surface area (Å²) in [6, 6.07) is 0.644. The maximum absolute atomic E-state index is 4.65. The normalized spacial score (nSPS) is 29.7. The molecule has 2 fully saturated rings. The molecule has 2 unspecified atom stereocenters. The number of aromatic nitrogens is 2. The Kier molecular flexibility index (Phi) is 3.43. The van der Waals surface area contributed by atoms with Crippen LogP contribution in [0.25, 0.3) is 0 Å². The summed E-state index contributed by atoms with van der Waals surface area (Å²) in [4.78, 5) is 0. The second-order valence-electron chi connectivity index (χ2n) is 5.19. The van der Waals surface area contributed by atoms with Gasteiger partial charge in [-0.3, -0.25) is 4.68 Å². The highest BCUT2D eigenvalue weighted by Gasteiger charge is 2.24. The summed E-state index contributed by atoms with van der Waals surface area (Å²) in [5, 5.41) is 8.15. The molecular weight excluding hydrogens is 230 g/mol. The van der Waals surface area contributed by atoms with Gasteiger partial charge in [-0.1, -0.05) is 0 Å². The van der Waals surface area contributed by atoms with Crippen LogP contribution in [0.1, 0.15) is 42.5 Å². The Labute approximate surface area is 107 Å². The summed E-state index contributed by atoms with van der Waals surface area (Å²) >= 11 is 2.06. The zero-order chi connectivity index (χ0) is 11.7. The van der Waals surface area contributed by atoms with Gasteiger partial charge in [0.15, 0.2) is 0 Å². The highest BCUT2D eigenvalue weighted by atomic mass is 32.2. The number of piperidine rings is 1. The maximum atomic E-state index is 4.65. The van der Waals surface area contributed by atoms with Gasteiger partial charge in [-0.25, -0.2) is 0 Å². The third-order valence-corrected chi connectivity index (χ3v) is 5.22. The fourth-order valence-corrected chi connectivity index (χ4v) is 4.22. The molecule has 2 aliphatic heterocycles. The van der Waals surface area contributed by atoms with Crippen molar-refractivity contribution in [3.63, 3.8) is 0 Å². The fraction of sp³-hybridized carbons (Fsp3) is 0.769. The largest absolute Gasteiger partial charge is 0.316 e. The summed E-state index contributed by atoms with van der Waals surface area (Å²) in [7, 11) is 0. The lowest BCUT2D eigenvalue weighted by Gasteiger charge is -2.23. The molecule has 0 radical (unpaired) electrons. The fourth-order valence-electron chi connectivity index (χ4n) is 3.04. The highest BCUT2D eigenvalue weighted by Crippen LogP contribution is 2.32. The number of nitrogens with zero attached hydrogens (tertiary/aromatic N) is 2. The average Bonchev–Trinajstić information content (AvgIpc) is 2.99. The lowest BCUT2D eigenvalue weighted by atomic mass is 9.92. The predicted molar refractivity (Wildman–Crippen MR) is 72.8 cm³/mol. The Balaban J connectivity index is 1.80. The molecule has 2 saturated heterocycles. The van der Waals surface area contributed by atoms with E-state index in [1.165, 1.54) is 48.6 Å². The van der Waals surface area contributed by atoms with E-state index in [2.05, 4.69) is 40.0 Å². The van der Waals surface area contributed by atoms with Crippen LogP contribution in [0.15, 0.2) is 6.20 Å². The van der Waals surface area contributed by atoms with Crippen molar-refractivity contribution in [2.45, 2.75) is 38.1 Å². The Bertz CT molecular complexity index is 376. The van der Waals surface area contributed by atoms with Crippen LogP contribution >= 0.6 is 11.8 Å². The summed E-state index contributed by atoms with van der Waals surface area (Å²) in [5.41, 5.74) is 2.89. The van der Waals surface area contributed by atoms with E-state index in [9.17, 15) is 0 Å². The van der Waals surface area contributed by atoms with Crippen molar-refractivity contribution in [2.24, 2.45) is 0 Å². The van der Waals surface area contributed by atoms with E-state index in [0.29, 0.717) is 12.0 Å². The van der Waals surface area contributed by atoms with Gasteiger partial charge in [0.2, 0.25) is 0 Å². The van der Waals surface area contributed by atoms with Gasteiger partial charge in [-0.15, -0.1) is 0 Å². The van der Waals surface area contributed by atoms with Crippen LogP contribution in [0, 0.1) is 6.92 Å². The zero-order valence-corrected chi connectivity index (χ0v) is 11.3. The van der Waals surface area contributed by atoms with E-state index in [-0.39, 0.29) is 0 Å². The minimum Gasteiger partial charge on any atom is -0.316 e. The van der Waals surface area contributed by atoms with Gasteiger partial charge in [0, 0.05) is 18.0 Å². The third kappa shape index (κ3) is 2.25. The van der Waals surface area contributed by atoms with E-state index in [1.807, 2.05) is 0 Å². The molecule has 0 amide bonds. The first kappa shape index (κ1) is 11.6. The van der Waals surface area contributed by atoms with E-state index >= 15 is 0 Å². The SMILES string of the molecule is Cc1c(C2CCCNC2)cnn1C1CCSC1. The van der Waals surface area contributed by atoms with Crippen LogP contribution < -0.4 is 5.32 Å². The lowest BCUT2D eigenvalue weighted by Crippen LogP contribution is -2.28. The maximum Gasteiger partial charge on any atom is 0.0620 e. The monoisotopic (exact) mass is 251 g/mol. The second-order valence-corrected chi connectivity index (χ2v) is 6.34. The minimum atomic E-state index is 0.644. The van der Waals surface area contributed by atoms with Gasteiger partial charge >= 0.3 is 0 Å². The molecule has 4 heteroatoms. The molecule has 1 aromatic rings. The van der Waals surface area contributed by atoms with Gasteiger partial charge in [0.1, 0.15) is 0 Å². The first-order valence-electron chi connectivity index (χ1n) is 6.68. The first-order chi connectivity index (χ1) is 8.36. The van der Waals surface area contributed by atoms with E-state index < -0.39 is 0 Å². The van der Waals surface area contributed by atoms with E-state index in [4.69, 9.17) is 0 Å². The smallest absolute Gasteiger partial charge is 0.0620 e. The number of rotatable bonds is 2. The Morgan fingerprint density at radius 3 is 3.12 bits per heavy atom. The Morgan fingerprint density at radius 2 is 2.41 bits per heavy atom. The molecule has 17 heavy (non-hydrogen) atoms. The molecule has 3 rings (SSSR count). The molecule has 0 spiro atoms. The summed E-state index contributed by atoms with van der Waals surface area (Å²) in [6.45, 7) is 4.56.